The Labute approximate surface area is 177 Å². The van der Waals surface area contributed by atoms with E-state index in [-0.39, 0.29) is 12.6 Å². The minimum atomic E-state index is -0.397. The van der Waals surface area contributed by atoms with E-state index in [0.29, 0.717) is 34.2 Å². The average molecular weight is 421 g/mol. The van der Waals surface area contributed by atoms with Crippen molar-refractivity contribution >= 4 is 11.5 Å². The van der Waals surface area contributed by atoms with Gasteiger partial charge in [0.1, 0.15) is 23.7 Å². The molecule has 0 aliphatic carbocycles. The Bertz CT molecular complexity index is 1250. The molecule has 0 bridgehead atoms. The molecular formula is C21H20FN7O2. The second-order valence-corrected chi connectivity index (χ2v) is 7.26. The van der Waals surface area contributed by atoms with Gasteiger partial charge in [-0.15, -0.1) is 5.10 Å². The number of hydrogen-bond acceptors (Lipinski definition) is 8. The molecule has 5 rings (SSSR count). The van der Waals surface area contributed by atoms with E-state index in [1.807, 2.05) is 12.1 Å². The molecule has 31 heavy (non-hydrogen) atoms. The van der Waals surface area contributed by atoms with Crippen LogP contribution < -0.4 is 9.64 Å². The molecule has 0 amide bonds. The molecule has 0 spiro atoms. The summed E-state index contributed by atoms with van der Waals surface area (Å²) in [6.45, 7) is 0.596. The van der Waals surface area contributed by atoms with Crippen LogP contribution in [0.1, 0.15) is 30.1 Å². The summed E-state index contributed by atoms with van der Waals surface area (Å²) < 4.78 is 21.0. The van der Waals surface area contributed by atoms with Crippen LogP contribution in [0.15, 0.2) is 43.0 Å². The fourth-order valence-corrected chi connectivity index (χ4v) is 4.03. The molecule has 0 unspecified atom stereocenters. The topological polar surface area (TPSA) is 102 Å². The molecule has 0 radical (unpaired) electrons. The quantitative estimate of drug-likeness (QED) is 0.525. The second-order valence-electron chi connectivity index (χ2n) is 7.26. The van der Waals surface area contributed by atoms with Crippen molar-refractivity contribution in [3.8, 4) is 17.3 Å². The highest BCUT2D eigenvalue weighted by molar-refractivity contribution is 5.61. The fourth-order valence-electron chi connectivity index (χ4n) is 4.03. The number of aromatic nitrogens is 6. The van der Waals surface area contributed by atoms with Crippen molar-refractivity contribution in [2.24, 2.45) is 0 Å². The molecule has 10 heteroatoms. The summed E-state index contributed by atoms with van der Waals surface area (Å²) in [4.78, 5) is 19.0. The summed E-state index contributed by atoms with van der Waals surface area (Å²) in [6, 6.07) is 6.88. The number of pyridine rings is 1. The van der Waals surface area contributed by atoms with E-state index in [1.54, 1.807) is 16.8 Å². The minimum Gasteiger partial charge on any atom is -0.481 e. The van der Waals surface area contributed by atoms with Crippen LogP contribution in [0.3, 0.4) is 0 Å². The van der Waals surface area contributed by atoms with E-state index < -0.39 is 5.82 Å². The maximum atomic E-state index is 13.9. The van der Waals surface area contributed by atoms with Gasteiger partial charge in [0.25, 0.3) is 0 Å². The predicted molar refractivity (Wildman–Crippen MR) is 110 cm³/mol. The molecule has 1 aliphatic rings. The summed E-state index contributed by atoms with van der Waals surface area (Å²) >= 11 is 0. The van der Waals surface area contributed by atoms with Gasteiger partial charge in [-0.25, -0.2) is 28.8 Å². The van der Waals surface area contributed by atoms with Crippen molar-refractivity contribution in [1.29, 1.82) is 0 Å². The van der Waals surface area contributed by atoms with Gasteiger partial charge in [-0.05, 0) is 37.1 Å². The third-order valence-electron chi connectivity index (χ3n) is 5.44. The smallest absolute Gasteiger partial charge is 0.218 e. The second kappa shape index (κ2) is 7.88. The van der Waals surface area contributed by atoms with Crippen LogP contribution >= 0.6 is 0 Å². The van der Waals surface area contributed by atoms with Gasteiger partial charge in [-0.2, -0.15) is 0 Å². The Morgan fingerprint density at radius 3 is 2.90 bits per heavy atom. The molecule has 158 valence electrons. The molecule has 1 N–H and O–H groups in total. The number of halogens is 1. The third kappa shape index (κ3) is 3.44. The summed E-state index contributed by atoms with van der Waals surface area (Å²) in [5.74, 6) is 0.753. The van der Waals surface area contributed by atoms with E-state index in [0.717, 1.165) is 31.4 Å². The molecule has 9 nitrogen and oxygen atoms in total. The molecule has 1 fully saturated rings. The lowest BCUT2D eigenvalue weighted by molar-refractivity contribution is 0.276. The average Bonchev–Trinajstić information content (AvgIpc) is 3.46. The van der Waals surface area contributed by atoms with Crippen LogP contribution in [0.2, 0.25) is 0 Å². The summed E-state index contributed by atoms with van der Waals surface area (Å²) in [6.07, 6.45) is 6.03. The lowest BCUT2D eigenvalue weighted by Gasteiger charge is -2.26. The maximum absolute atomic E-state index is 13.9. The number of imidazole rings is 1. The molecular weight excluding hydrogens is 401 g/mol. The van der Waals surface area contributed by atoms with E-state index in [1.165, 1.54) is 19.5 Å². The Hall–Kier alpha value is -3.66. The Morgan fingerprint density at radius 2 is 2.06 bits per heavy atom. The number of aliphatic hydroxyl groups excluding tert-OH is 1. The third-order valence-corrected chi connectivity index (χ3v) is 5.44. The molecule has 1 aliphatic heterocycles. The van der Waals surface area contributed by atoms with Crippen molar-refractivity contribution in [1.82, 2.24) is 29.5 Å². The van der Waals surface area contributed by atoms with E-state index >= 15 is 0 Å². The van der Waals surface area contributed by atoms with Crippen molar-refractivity contribution in [2.45, 2.75) is 25.5 Å². The van der Waals surface area contributed by atoms with Crippen molar-refractivity contribution < 1.29 is 14.2 Å². The van der Waals surface area contributed by atoms with Crippen LogP contribution in [0, 0.1) is 5.82 Å². The number of ether oxygens (including phenoxy) is 1. The summed E-state index contributed by atoms with van der Waals surface area (Å²) in [7, 11) is 1.54. The van der Waals surface area contributed by atoms with Crippen LogP contribution in [-0.2, 0) is 6.61 Å². The number of nitrogens with zero attached hydrogens (tertiary/aromatic N) is 7. The number of fused-ring (bicyclic) bond motifs is 1. The summed E-state index contributed by atoms with van der Waals surface area (Å²) in [5.41, 5.74) is 3.20. The van der Waals surface area contributed by atoms with Crippen molar-refractivity contribution in [3.63, 3.8) is 0 Å². The number of aliphatic hydroxyl groups is 1. The largest absolute Gasteiger partial charge is 0.481 e. The Kier molecular flexibility index (Phi) is 4.91. The predicted octanol–water partition coefficient (Wildman–Crippen LogP) is 2.56. The highest BCUT2D eigenvalue weighted by Crippen LogP contribution is 2.38. The van der Waals surface area contributed by atoms with Crippen LogP contribution in [0.4, 0.5) is 10.2 Å². The van der Waals surface area contributed by atoms with Gasteiger partial charge in [0.2, 0.25) is 5.88 Å². The highest BCUT2D eigenvalue weighted by atomic mass is 19.1. The molecule has 0 saturated carbocycles. The normalized spacial score (nSPS) is 16.2. The monoisotopic (exact) mass is 421 g/mol. The zero-order chi connectivity index (χ0) is 21.4. The molecule has 1 saturated heterocycles. The van der Waals surface area contributed by atoms with E-state index in [2.05, 4.69) is 24.8 Å². The Balaban J connectivity index is 1.56. The SMILES string of the molecule is COc1ncc(F)cc1[C@H]1CCCN1c1ccc2ncc(-c3cc(CO)ncn3)n2n1. The van der Waals surface area contributed by atoms with Gasteiger partial charge in [0.15, 0.2) is 5.65 Å². The highest BCUT2D eigenvalue weighted by Gasteiger charge is 2.31. The number of rotatable bonds is 5. The number of methoxy groups -OCH3 is 1. The van der Waals surface area contributed by atoms with Gasteiger partial charge < -0.3 is 14.7 Å². The number of hydrogen-bond donors (Lipinski definition) is 1. The van der Waals surface area contributed by atoms with Gasteiger partial charge in [0, 0.05) is 12.1 Å². The first-order valence-electron chi connectivity index (χ1n) is 9.91. The van der Waals surface area contributed by atoms with E-state index in [4.69, 9.17) is 9.84 Å². The van der Waals surface area contributed by atoms with Crippen molar-refractivity contribution in [2.75, 3.05) is 18.6 Å². The van der Waals surface area contributed by atoms with Crippen LogP contribution in [0.5, 0.6) is 5.88 Å². The first-order chi connectivity index (χ1) is 15.2. The molecule has 4 aromatic rings. The zero-order valence-corrected chi connectivity index (χ0v) is 16.8. The van der Waals surface area contributed by atoms with Crippen LogP contribution in [-0.4, -0.2) is 48.3 Å². The first-order valence-corrected chi connectivity index (χ1v) is 9.91. The first kappa shape index (κ1) is 19.3. The van der Waals surface area contributed by atoms with Gasteiger partial charge in [-0.3, -0.25) is 0 Å². The summed E-state index contributed by atoms with van der Waals surface area (Å²) in [5, 5.41) is 14.2. The van der Waals surface area contributed by atoms with Gasteiger partial charge in [0.05, 0.1) is 43.5 Å². The Morgan fingerprint density at radius 1 is 1.16 bits per heavy atom. The van der Waals surface area contributed by atoms with Gasteiger partial charge in [-0.1, -0.05) is 0 Å². The van der Waals surface area contributed by atoms with E-state index in [9.17, 15) is 9.50 Å². The minimum absolute atomic E-state index is 0.102. The maximum Gasteiger partial charge on any atom is 0.218 e. The molecule has 4 aromatic heterocycles. The van der Waals surface area contributed by atoms with Gasteiger partial charge >= 0.3 is 0 Å². The van der Waals surface area contributed by atoms with Crippen molar-refractivity contribution in [3.05, 3.63) is 60.1 Å². The zero-order valence-electron chi connectivity index (χ0n) is 16.8. The van der Waals surface area contributed by atoms with Crippen LogP contribution in [0.25, 0.3) is 17.0 Å². The molecule has 5 heterocycles. The lowest BCUT2D eigenvalue weighted by atomic mass is 10.1. The molecule has 0 aromatic carbocycles. The lowest BCUT2D eigenvalue weighted by Crippen LogP contribution is -2.25. The standard InChI is InChI=1S/C21H20FN7O2/c1-31-21-15(7-13(22)9-24-21)17-3-2-6-28(17)20-5-4-19-23-10-18(29(19)27-20)16-8-14(11-30)25-12-26-16/h4-5,7-10,12,17,30H,2-3,6,11H2,1H3/t17-/m1/s1. The molecule has 1 atom stereocenters. The fraction of sp³-hybridized carbons (Fsp3) is 0.286. The number of anilines is 1.